The molecule has 0 aliphatic carbocycles. The molecule has 0 radical (unpaired) electrons. The molecule has 12 heteroatoms. The third-order valence-electron chi connectivity index (χ3n) is 4.48. The molecule has 0 heterocycles. The average Bonchev–Trinajstić information content (AvgIpc) is 2.78. The van der Waals surface area contributed by atoms with Crippen molar-refractivity contribution in [1.29, 1.82) is 0 Å². The molecule has 0 aliphatic rings. The number of ether oxygens (including phenoxy) is 1. The molecule has 0 bridgehead atoms. The van der Waals surface area contributed by atoms with Crippen molar-refractivity contribution in [2.45, 2.75) is 9.79 Å². The Morgan fingerprint density at radius 1 is 0.879 bits per heavy atom. The van der Waals surface area contributed by atoms with E-state index in [0.717, 1.165) is 6.07 Å². The monoisotopic (exact) mass is 493 g/mol. The minimum atomic E-state index is -3.98. The van der Waals surface area contributed by atoms with E-state index in [-0.39, 0.29) is 32.5 Å². The summed E-state index contributed by atoms with van der Waals surface area (Å²) in [6, 6.07) is 14.2. The van der Waals surface area contributed by atoms with E-state index in [1.807, 2.05) is 0 Å². The summed E-state index contributed by atoms with van der Waals surface area (Å²) in [6.45, 7) is 0. The summed E-state index contributed by atoms with van der Waals surface area (Å²) >= 11 is 0. The van der Waals surface area contributed by atoms with Crippen LogP contribution in [0.25, 0.3) is 0 Å². The van der Waals surface area contributed by atoms with Crippen LogP contribution in [0.3, 0.4) is 0 Å². The first-order valence-corrected chi connectivity index (χ1v) is 12.3. The maximum atomic E-state index is 13.3. The lowest BCUT2D eigenvalue weighted by molar-refractivity contribution is 0.102. The first-order chi connectivity index (χ1) is 15.6. The number of nitrogens with one attached hydrogen (secondary N) is 3. The number of anilines is 2. The summed E-state index contributed by atoms with van der Waals surface area (Å²) in [5.41, 5.74) is 0.395. The van der Waals surface area contributed by atoms with Gasteiger partial charge in [0, 0.05) is 11.3 Å². The number of carbonyl (C=O) groups excluding carboxylic acids is 1. The van der Waals surface area contributed by atoms with Gasteiger partial charge in [0.05, 0.1) is 17.7 Å². The Labute approximate surface area is 190 Å². The van der Waals surface area contributed by atoms with Crippen molar-refractivity contribution < 1.29 is 30.8 Å². The molecule has 3 rings (SSSR count). The molecule has 0 saturated carbocycles. The molecule has 0 saturated heterocycles. The molecule has 3 N–H and O–H groups in total. The van der Waals surface area contributed by atoms with E-state index < -0.39 is 31.8 Å². The van der Waals surface area contributed by atoms with E-state index in [2.05, 4.69) is 14.8 Å². The smallest absolute Gasteiger partial charge is 0.261 e. The van der Waals surface area contributed by atoms with Crippen LogP contribution in [0.15, 0.2) is 76.5 Å². The van der Waals surface area contributed by atoms with Crippen LogP contribution >= 0.6 is 0 Å². The Balaban J connectivity index is 1.78. The highest BCUT2D eigenvalue weighted by molar-refractivity contribution is 7.92. The van der Waals surface area contributed by atoms with E-state index in [0.29, 0.717) is 0 Å². The maximum absolute atomic E-state index is 13.3. The molecule has 9 nitrogen and oxygen atoms in total. The predicted molar refractivity (Wildman–Crippen MR) is 121 cm³/mol. The van der Waals surface area contributed by atoms with Gasteiger partial charge in [-0.15, -0.1) is 0 Å². The zero-order chi connectivity index (χ0) is 24.2. The highest BCUT2D eigenvalue weighted by Crippen LogP contribution is 2.25. The van der Waals surface area contributed by atoms with Crippen LogP contribution in [0.5, 0.6) is 5.75 Å². The lowest BCUT2D eigenvalue weighted by Crippen LogP contribution is -2.20. The van der Waals surface area contributed by atoms with Gasteiger partial charge in [0.25, 0.3) is 15.9 Å². The van der Waals surface area contributed by atoms with E-state index in [4.69, 9.17) is 4.74 Å². The summed E-state index contributed by atoms with van der Waals surface area (Å²) in [7, 11) is -5.31. The molecule has 0 aliphatic heterocycles. The fourth-order valence-electron chi connectivity index (χ4n) is 2.82. The average molecular weight is 494 g/mol. The largest absolute Gasteiger partial charge is 0.495 e. The number of carbonyl (C=O) groups is 1. The van der Waals surface area contributed by atoms with Crippen LogP contribution in [-0.4, -0.2) is 36.9 Å². The van der Waals surface area contributed by atoms with Crippen LogP contribution in [0.1, 0.15) is 10.4 Å². The van der Waals surface area contributed by atoms with Crippen molar-refractivity contribution in [3.63, 3.8) is 0 Å². The quantitative estimate of drug-likeness (QED) is 0.442. The maximum Gasteiger partial charge on any atom is 0.261 e. The van der Waals surface area contributed by atoms with Gasteiger partial charge in [-0.2, -0.15) is 0 Å². The highest BCUT2D eigenvalue weighted by Gasteiger charge is 2.20. The van der Waals surface area contributed by atoms with Crippen molar-refractivity contribution in [3.05, 3.63) is 78.1 Å². The molecule has 0 fully saturated rings. The van der Waals surface area contributed by atoms with E-state index in [1.54, 1.807) is 0 Å². The standard InChI is InChI=1S/C21H20FN3O6S2/c1-23-33(29,30)20-12-14(6-11-19(20)31-2)21(26)24-16-7-9-18(10-8-16)32(27,28)25-17-5-3-4-15(22)13-17/h3-13,23,25H,1-2H3,(H,24,26). The summed E-state index contributed by atoms with van der Waals surface area (Å²) in [6.07, 6.45) is 0. The van der Waals surface area contributed by atoms with Crippen molar-refractivity contribution in [3.8, 4) is 5.75 Å². The van der Waals surface area contributed by atoms with Crippen molar-refractivity contribution in [1.82, 2.24) is 4.72 Å². The first-order valence-electron chi connectivity index (χ1n) is 9.37. The number of methoxy groups -OCH3 is 1. The van der Waals surface area contributed by atoms with Crippen molar-refractivity contribution >= 4 is 37.3 Å². The molecule has 33 heavy (non-hydrogen) atoms. The molecule has 3 aromatic carbocycles. The minimum absolute atomic E-state index is 0.0501. The lowest BCUT2D eigenvalue weighted by atomic mass is 10.2. The molecule has 1 amide bonds. The zero-order valence-electron chi connectivity index (χ0n) is 17.5. The predicted octanol–water partition coefficient (Wildman–Crippen LogP) is 2.80. The normalized spacial score (nSPS) is 11.6. The van der Waals surface area contributed by atoms with Gasteiger partial charge in [-0.1, -0.05) is 6.07 Å². The fourth-order valence-corrected chi connectivity index (χ4v) is 4.79. The number of rotatable bonds is 8. The number of amides is 1. The topological polar surface area (TPSA) is 131 Å². The highest BCUT2D eigenvalue weighted by atomic mass is 32.2. The van der Waals surface area contributed by atoms with Gasteiger partial charge < -0.3 is 10.1 Å². The van der Waals surface area contributed by atoms with Gasteiger partial charge in [0.1, 0.15) is 16.5 Å². The van der Waals surface area contributed by atoms with E-state index >= 15 is 0 Å². The number of hydrogen-bond acceptors (Lipinski definition) is 6. The van der Waals surface area contributed by atoms with Crippen LogP contribution in [0.4, 0.5) is 15.8 Å². The zero-order valence-corrected chi connectivity index (χ0v) is 19.1. The van der Waals surface area contributed by atoms with Gasteiger partial charge in [-0.25, -0.2) is 25.9 Å². The van der Waals surface area contributed by atoms with Crippen molar-refractivity contribution in [2.24, 2.45) is 0 Å². The summed E-state index contributed by atoms with van der Waals surface area (Å²) in [5.74, 6) is -1.13. The van der Waals surface area contributed by atoms with Gasteiger partial charge >= 0.3 is 0 Å². The Morgan fingerprint density at radius 3 is 2.18 bits per heavy atom. The van der Waals surface area contributed by atoms with Gasteiger partial charge in [0.2, 0.25) is 10.0 Å². The molecule has 0 atom stereocenters. The first kappa shape index (κ1) is 24.2. The van der Waals surface area contributed by atoms with Crippen molar-refractivity contribution in [2.75, 3.05) is 24.2 Å². The van der Waals surface area contributed by atoms with Gasteiger partial charge in [-0.3, -0.25) is 9.52 Å². The van der Waals surface area contributed by atoms with Gasteiger partial charge in [-0.05, 0) is 67.7 Å². The second kappa shape index (κ2) is 9.57. The minimum Gasteiger partial charge on any atom is -0.495 e. The molecular weight excluding hydrogens is 473 g/mol. The summed E-state index contributed by atoms with van der Waals surface area (Å²) < 4.78 is 72.1. The molecule has 0 unspecified atom stereocenters. The number of halogens is 1. The Morgan fingerprint density at radius 2 is 1.58 bits per heavy atom. The molecular formula is C21H20FN3O6S2. The third-order valence-corrected chi connectivity index (χ3v) is 7.32. The van der Waals surface area contributed by atoms with Crippen LogP contribution in [0, 0.1) is 5.82 Å². The van der Waals surface area contributed by atoms with E-state index in [9.17, 15) is 26.0 Å². The Kier molecular flexibility index (Phi) is 7.01. The Bertz CT molecular complexity index is 1390. The summed E-state index contributed by atoms with van der Waals surface area (Å²) in [5, 5.41) is 2.57. The third kappa shape index (κ3) is 5.66. The fraction of sp³-hybridized carbons (Fsp3) is 0.0952. The molecule has 174 valence electrons. The van der Waals surface area contributed by atoms with Gasteiger partial charge in [0.15, 0.2) is 0 Å². The second-order valence-corrected chi connectivity index (χ2v) is 10.2. The SMILES string of the molecule is CNS(=O)(=O)c1cc(C(=O)Nc2ccc(S(=O)(=O)Nc3cccc(F)c3)cc2)ccc1OC. The molecule has 0 spiro atoms. The lowest BCUT2D eigenvalue weighted by Gasteiger charge is -2.12. The molecule has 0 aromatic heterocycles. The Hall–Kier alpha value is -3.48. The number of hydrogen-bond donors (Lipinski definition) is 3. The van der Waals surface area contributed by atoms with Crippen LogP contribution < -0.4 is 19.5 Å². The second-order valence-electron chi connectivity index (χ2n) is 6.67. The van der Waals surface area contributed by atoms with E-state index in [1.165, 1.54) is 74.8 Å². The number of sulfonamides is 2. The van der Waals surface area contributed by atoms with Crippen LogP contribution in [0.2, 0.25) is 0 Å². The van der Waals surface area contributed by atoms with Crippen LogP contribution in [-0.2, 0) is 20.0 Å². The number of benzene rings is 3. The molecule has 3 aromatic rings. The summed E-state index contributed by atoms with van der Waals surface area (Å²) in [4.78, 5) is 12.3.